The van der Waals surface area contributed by atoms with Gasteiger partial charge in [-0.3, -0.25) is 4.79 Å². The number of nitrogens with zero attached hydrogens (tertiary/aromatic N) is 1. The van der Waals surface area contributed by atoms with Gasteiger partial charge in [0.25, 0.3) is 0 Å². The summed E-state index contributed by atoms with van der Waals surface area (Å²) in [6, 6.07) is 2.06. The average Bonchev–Trinajstić information content (AvgIpc) is 2.27. The van der Waals surface area contributed by atoms with Crippen molar-refractivity contribution in [1.82, 2.24) is 0 Å². The molecule has 0 radical (unpaired) electrons. The van der Waals surface area contributed by atoms with Crippen LogP contribution in [0.2, 0.25) is 0 Å². The quantitative estimate of drug-likeness (QED) is 0.669. The van der Waals surface area contributed by atoms with Gasteiger partial charge in [-0.05, 0) is 19.3 Å². The minimum atomic E-state index is -0.548. The molecule has 0 spiro atoms. The molecule has 0 amide bonds. The summed E-state index contributed by atoms with van der Waals surface area (Å²) in [4.78, 5) is 11.4. The Hall–Kier alpha value is -1.04. The number of hydrogen-bond donors (Lipinski definition) is 0. The van der Waals surface area contributed by atoms with E-state index in [2.05, 4.69) is 6.07 Å². The first-order valence-corrected chi connectivity index (χ1v) is 5.84. The summed E-state index contributed by atoms with van der Waals surface area (Å²) in [6.45, 7) is 2.13. The van der Waals surface area contributed by atoms with Gasteiger partial charge in [0.1, 0.15) is 5.92 Å². The minimum absolute atomic E-state index is 0.342. The molecule has 0 aliphatic heterocycles. The van der Waals surface area contributed by atoms with Crippen molar-refractivity contribution in [3.8, 4) is 6.07 Å². The van der Waals surface area contributed by atoms with Gasteiger partial charge in [0.2, 0.25) is 0 Å². The summed E-state index contributed by atoms with van der Waals surface area (Å²) < 4.78 is 4.88. The smallest absolute Gasteiger partial charge is 0.323 e. The molecule has 0 heterocycles. The van der Waals surface area contributed by atoms with Gasteiger partial charge in [-0.2, -0.15) is 5.26 Å². The van der Waals surface area contributed by atoms with E-state index in [0.29, 0.717) is 18.9 Å². The van der Waals surface area contributed by atoms with E-state index in [0.717, 1.165) is 12.8 Å². The van der Waals surface area contributed by atoms with Crippen molar-refractivity contribution >= 4 is 5.97 Å². The first-order valence-electron chi connectivity index (χ1n) is 5.84. The van der Waals surface area contributed by atoms with Crippen LogP contribution in [-0.2, 0) is 9.53 Å². The molecule has 1 saturated carbocycles. The highest BCUT2D eigenvalue weighted by Gasteiger charge is 2.24. The maximum Gasteiger partial charge on any atom is 0.323 e. The molecule has 84 valence electrons. The van der Waals surface area contributed by atoms with Crippen LogP contribution in [0.15, 0.2) is 0 Å². The summed E-state index contributed by atoms with van der Waals surface area (Å²) in [5, 5.41) is 8.90. The van der Waals surface area contributed by atoms with E-state index in [-0.39, 0.29) is 5.97 Å². The van der Waals surface area contributed by atoms with E-state index >= 15 is 0 Å². The van der Waals surface area contributed by atoms with Gasteiger partial charge in [-0.25, -0.2) is 0 Å². The number of rotatable bonds is 4. The van der Waals surface area contributed by atoms with Crippen molar-refractivity contribution in [2.24, 2.45) is 11.8 Å². The lowest BCUT2D eigenvalue weighted by Gasteiger charge is -2.22. The van der Waals surface area contributed by atoms with Crippen molar-refractivity contribution in [3.63, 3.8) is 0 Å². The number of carbonyl (C=O) groups is 1. The zero-order chi connectivity index (χ0) is 11.1. The lowest BCUT2D eigenvalue weighted by atomic mass is 9.83. The van der Waals surface area contributed by atoms with Crippen LogP contribution in [0.3, 0.4) is 0 Å². The fourth-order valence-corrected chi connectivity index (χ4v) is 2.20. The van der Waals surface area contributed by atoms with Crippen LogP contribution >= 0.6 is 0 Å². The zero-order valence-corrected chi connectivity index (χ0v) is 9.37. The largest absolute Gasteiger partial charge is 0.465 e. The Morgan fingerprint density at radius 3 is 2.67 bits per heavy atom. The summed E-state index contributed by atoms with van der Waals surface area (Å²) in [6.07, 6.45) is 6.80. The molecule has 0 N–H and O–H groups in total. The second kappa shape index (κ2) is 6.44. The van der Waals surface area contributed by atoms with Crippen molar-refractivity contribution in [1.29, 1.82) is 5.26 Å². The van der Waals surface area contributed by atoms with Gasteiger partial charge in [0.15, 0.2) is 0 Å². The molecule has 0 aromatic rings. The Bertz CT molecular complexity index is 238. The van der Waals surface area contributed by atoms with E-state index in [4.69, 9.17) is 10.00 Å². The Balaban J connectivity index is 2.38. The Morgan fingerprint density at radius 1 is 1.47 bits per heavy atom. The van der Waals surface area contributed by atoms with Crippen molar-refractivity contribution < 1.29 is 9.53 Å². The third kappa shape index (κ3) is 3.91. The maximum absolute atomic E-state index is 11.4. The van der Waals surface area contributed by atoms with Crippen LogP contribution in [0.5, 0.6) is 0 Å². The van der Waals surface area contributed by atoms with Gasteiger partial charge in [-0.15, -0.1) is 0 Å². The molecular weight excluding hydrogens is 190 g/mol. The molecule has 1 aliphatic carbocycles. The monoisotopic (exact) mass is 209 g/mol. The number of esters is 1. The van der Waals surface area contributed by atoms with Crippen molar-refractivity contribution in [2.75, 3.05) is 6.61 Å². The molecule has 15 heavy (non-hydrogen) atoms. The second-order valence-corrected chi connectivity index (χ2v) is 4.17. The van der Waals surface area contributed by atoms with Gasteiger partial charge >= 0.3 is 5.97 Å². The molecule has 1 fully saturated rings. The van der Waals surface area contributed by atoms with E-state index in [9.17, 15) is 4.79 Å². The molecule has 3 nitrogen and oxygen atoms in total. The van der Waals surface area contributed by atoms with E-state index in [1.165, 1.54) is 19.3 Å². The summed E-state index contributed by atoms with van der Waals surface area (Å²) in [7, 11) is 0. The fourth-order valence-electron chi connectivity index (χ4n) is 2.20. The van der Waals surface area contributed by atoms with E-state index < -0.39 is 5.92 Å². The SMILES string of the molecule is CCOC(=O)[C@@H](C#N)CC1CCCCC1. The summed E-state index contributed by atoms with van der Waals surface area (Å²) in [5.74, 6) is -0.341. The first-order chi connectivity index (χ1) is 7.27. The highest BCUT2D eigenvalue weighted by molar-refractivity contribution is 5.75. The molecule has 3 heteroatoms. The van der Waals surface area contributed by atoms with Gasteiger partial charge < -0.3 is 4.74 Å². The second-order valence-electron chi connectivity index (χ2n) is 4.17. The third-order valence-electron chi connectivity index (χ3n) is 3.02. The predicted octanol–water partition coefficient (Wildman–Crippen LogP) is 2.66. The van der Waals surface area contributed by atoms with Gasteiger partial charge in [0.05, 0.1) is 12.7 Å². The van der Waals surface area contributed by atoms with Crippen LogP contribution in [0.1, 0.15) is 45.4 Å². The maximum atomic E-state index is 11.4. The summed E-state index contributed by atoms with van der Waals surface area (Å²) >= 11 is 0. The molecular formula is C12H19NO2. The molecule has 0 aromatic carbocycles. The van der Waals surface area contributed by atoms with Crippen LogP contribution in [0.4, 0.5) is 0 Å². The topological polar surface area (TPSA) is 50.1 Å². The first kappa shape index (κ1) is 12.0. The molecule has 0 unspecified atom stereocenters. The van der Waals surface area contributed by atoms with Crippen LogP contribution in [0.25, 0.3) is 0 Å². The molecule has 1 atom stereocenters. The van der Waals surface area contributed by atoms with Crippen molar-refractivity contribution in [2.45, 2.75) is 45.4 Å². The number of carbonyl (C=O) groups excluding carboxylic acids is 1. The molecule has 0 saturated heterocycles. The standard InChI is InChI=1S/C12H19NO2/c1-2-15-12(14)11(9-13)8-10-6-4-3-5-7-10/h10-11H,2-8H2,1H3/t11-/m1/s1. The molecule has 0 aromatic heterocycles. The van der Waals surface area contributed by atoms with E-state index in [1.54, 1.807) is 6.92 Å². The lowest BCUT2D eigenvalue weighted by Crippen LogP contribution is -2.20. The number of nitriles is 1. The highest BCUT2D eigenvalue weighted by atomic mass is 16.5. The normalized spacial score (nSPS) is 19.2. The third-order valence-corrected chi connectivity index (χ3v) is 3.02. The zero-order valence-electron chi connectivity index (χ0n) is 9.37. The fraction of sp³-hybridized carbons (Fsp3) is 0.833. The van der Waals surface area contributed by atoms with Crippen LogP contribution in [0, 0.1) is 23.2 Å². The number of hydrogen-bond acceptors (Lipinski definition) is 3. The van der Waals surface area contributed by atoms with Gasteiger partial charge in [-0.1, -0.05) is 32.1 Å². The number of ether oxygens (including phenoxy) is 1. The molecule has 1 rings (SSSR count). The Labute approximate surface area is 91.4 Å². The Morgan fingerprint density at radius 2 is 2.13 bits per heavy atom. The van der Waals surface area contributed by atoms with Crippen molar-refractivity contribution in [3.05, 3.63) is 0 Å². The van der Waals surface area contributed by atoms with Crippen LogP contribution in [-0.4, -0.2) is 12.6 Å². The van der Waals surface area contributed by atoms with Crippen LogP contribution < -0.4 is 0 Å². The predicted molar refractivity (Wildman–Crippen MR) is 56.9 cm³/mol. The Kier molecular flexibility index (Phi) is 5.17. The highest BCUT2D eigenvalue weighted by Crippen LogP contribution is 2.29. The average molecular weight is 209 g/mol. The minimum Gasteiger partial charge on any atom is -0.465 e. The van der Waals surface area contributed by atoms with E-state index in [1.807, 2.05) is 0 Å². The molecule has 1 aliphatic rings. The lowest BCUT2D eigenvalue weighted by molar-refractivity contribution is -0.146. The summed E-state index contributed by atoms with van der Waals surface area (Å²) in [5.41, 5.74) is 0. The molecule has 0 bridgehead atoms. The van der Waals surface area contributed by atoms with Gasteiger partial charge in [0, 0.05) is 0 Å².